The smallest absolute Gasteiger partial charge is 0.340 e. The minimum Gasteiger partial charge on any atom is -0.340 e. The number of aromatic nitrogens is 5. The first-order valence-corrected chi connectivity index (χ1v) is 10.3. The van der Waals surface area contributed by atoms with Crippen LogP contribution in [0, 0.1) is 0 Å². The molecule has 1 amide bonds. The van der Waals surface area contributed by atoms with Gasteiger partial charge in [0, 0.05) is 19.0 Å². The minimum atomic E-state index is -4.57. The highest BCUT2D eigenvalue weighted by Gasteiger charge is 2.36. The van der Waals surface area contributed by atoms with Crippen LogP contribution in [0.25, 0.3) is 10.6 Å². The van der Waals surface area contributed by atoms with Crippen molar-refractivity contribution in [3.63, 3.8) is 0 Å². The normalized spacial score (nSPS) is 18.4. The highest BCUT2D eigenvalue weighted by Crippen LogP contribution is 2.34. The van der Waals surface area contributed by atoms with E-state index in [9.17, 15) is 18.0 Å². The van der Waals surface area contributed by atoms with Crippen molar-refractivity contribution in [1.82, 2.24) is 29.6 Å². The molecule has 0 aromatic carbocycles. The number of amides is 1. The Hall–Kier alpha value is -2.82. The molecule has 3 aromatic heterocycles. The Morgan fingerprint density at radius 3 is 2.83 bits per heavy atom. The van der Waals surface area contributed by atoms with Crippen LogP contribution in [0.15, 0.2) is 36.2 Å². The summed E-state index contributed by atoms with van der Waals surface area (Å²) in [6.07, 6.45) is -0.477. The molecule has 30 heavy (non-hydrogen) atoms. The van der Waals surface area contributed by atoms with Gasteiger partial charge < -0.3 is 4.90 Å². The van der Waals surface area contributed by atoms with Crippen molar-refractivity contribution in [2.24, 2.45) is 0 Å². The van der Waals surface area contributed by atoms with Crippen LogP contribution in [0.5, 0.6) is 0 Å². The Bertz CT molecular complexity index is 1010. The van der Waals surface area contributed by atoms with Crippen LogP contribution in [0.3, 0.4) is 0 Å². The summed E-state index contributed by atoms with van der Waals surface area (Å²) < 4.78 is 41.8. The number of thiophene rings is 1. The monoisotopic (exact) mass is 436 g/mol. The number of carbonyl (C=O) groups is 1. The van der Waals surface area contributed by atoms with E-state index in [0.29, 0.717) is 24.3 Å². The summed E-state index contributed by atoms with van der Waals surface area (Å²) >= 11 is 1.32. The van der Waals surface area contributed by atoms with Crippen molar-refractivity contribution in [2.75, 3.05) is 13.1 Å². The lowest BCUT2D eigenvalue weighted by Crippen LogP contribution is -2.42. The Labute approximate surface area is 174 Å². The first kappa shape index (κ1) is 20.5. The summed E-state index contributed by atoms with van der Waals surface area (Å²) in [7, 11) is 0. The van der Waals surface area contributed by atoms with Gasteiger partial charge >= 0.3 is 6.18 Å². The molecule has 1 fully saturated rings. The molecular formula is C19H19F3N6OS. The molecule has 0 aliphatic carbocycles. The molecule has 0 radical (unpaired) electrons. The van der Waals surface area contributed by atoms with Gasteiger partial charge in [-0.05, 0) is 37.3 Å². The molecule has 3 aromatic rings. The summed E-state index contributed by atoms with van der Waals surface area (Å²) in [6.45, 7) is 2.52. The number of carbonyl (C=O) groups excluding carboxylic acids is 1. The first-order valence-electron chi connectivity index (χ1n) is 9.46. The number of alkyl halides is 3. The molecule has 2 atom stereocenters. The summed E-state index contributed by atoms with van der Waals surface area (Å²) in [5, 5.41) is 5.79. The first-order chi connectivity index (χ1) is 14.3. The van der Waals surface area contributed by atoms with Gasteiger partial charge in [-0.25, -0.2) is 19.6 Å². The maximum atomic E-state index is 13.5. The number of halogens is 3. The van der Waals surface area contributed by atoms with Crippen molar-refractivity contribution in [3.8, 4) is 10.6 Å². The summed E-state index contributed by atoms with van der Waals surface area (Å²) in [4.78, 5) is 27.3. The van der Waals surface area contributed by atoms with E-state index in [1.807, 2.05) is 0 Å². The molecule has 0 spiro atoms. The van der Waals surface area contributed by atoms with E-state index >= 15 is 0 Å². The SMILES string of the molecule is C[C@H](C(=O)N1CCC[C@@H](c2nc(-c3cccs3)cc(C(F)(F)F)n2)C1)n1cncn1. The number of nitrogens with zero attached hydrogens (tertiary/aromatic N) is 6. The average Bonchev–Trinajstić information content (AvgIpc) is 3.46. The highest BCUT2D eigenvalue weighted by molar-refractivity contribution is 7.13. The van der Waals surface area contributed by atoms with Gasteiger partial charge in [0.1, 0.15) is 30.2 Å². The molecule has 4 heterocycles. The van der Waals surface area contributed by atoms with E-state index in [1.165, 1.54) is 28.7 Å². The quantitative estimate of drug-likeness (QED) is 0.622. The van der Waals surface area contributed by atoms with Crippen molar-refractivity contribution in [3.05, 3.63) is 47.8 Å². The Morgan fingerprint density at radius 2 is 2.17 bits per heavy atom. The number of piperidine rings is 1. The fraction of sp³-hybridized carbons (Fsp3) is 0.421. The van der Waals surface area contributed by atoms with Crippen LogP contribution in [-0.2, 0) is 11.0 Å². The fourth-order valence-electron chi connectivity index (χ4n) is 3.53. The number of likely N-dealkylation sites (tertiary alicyclic amines) is 1. The topological polar surface area (TPSA) is 76.8 Å². The third kappa shape index (κ3) is 4.20. The van der Waals surface area contributed by atoms with Crippen molar-refractivity contribution in [1.29, 1.82) is 0 Å². The molecular weight excluding hydrogens is 417 g/mol. The van der Waals surface area contributed by atoms with Gasteiger partial charge in [-0.2, -0.15) is 18.3 Å². The van der Waals surface area contributed by atoms with Gasteiger partial charge in [-0.15, -0.1) is 11.3 Å². The molecule has 0 N–H and O–H groups in total. The molecule has 7 nitrogen and oxygen atoms in total. The van der Waals surface area contributed by atoms with Crippen LogP contribution in [0.4, 0.5) is 13.2 Å². The maximum Gasteiger partial charge on any atom is 0.433 e. The standard InChI is InChI=1S/C19H19F3N6OS/c1-12(28-11-23-10-24-28)18(29)27-6-2-4-13(9-27)17-25-14(15-5-3-7-30-15)8-16(26-17)19(20,21)22/h3,5,7-8,10-13H,2,4,6,9H2,1H3/t12-,13-/m1/s1. The Balaban J connectivity index is 1.61. The highest BCUT2D eigenvalue weighted by atomic mass is 32.1. The molecule has 0 unspecified atom stereocenters. The van der Waals surface area contributed by atoms with E-state index in [1.54, 1.807) is 29.3 Å². The van der Waals surface area contributed by atoms with E-state index in [-0.39, 0.29) is 29.9 Å². The number of hydrogen-bond donors (Lipinski definition) is 0. The summed E-state index contributed by atoms with van der Waals surface area (Å²) in [5.74, 6) is -0.401. The van der Waals surface area contributed by atoms with Crippen molar-refractivity contribution < 1.29 is 18.0 Å². The maximum absolute atomic E-state index is 13.5. The second kappa shape index (κ2) is 8.13. The summed E-state index contributed by atoms with van der Waals surface area (Å²) in [6, 6.07) is 3.93. The lowest BCUT2D eigenvalue weighted by atomic mass is 9.96. The van der Waals surface area contributed by atoms with Crippen LogP contribution in [0.1, 0.15) is 43.2 Å². The second-order valence-corrected chi connectivity index (χ2v) is 8.09. The molecule has 1 aliphatic heterocycles. The van der Waals surface area contributed by atoms with Gasteiger partial charge in [0.05, 0.1) is 10.6 Å². The second-order valence-electron chi connectivity index (χ2n) is 7.15. The fourth-order valence-corrected chi connectivity index (χ4v) is 4.21. The van der Waals surface area contributed by atoms with E-state index in [0.717, 1.165) is 6.07 Å². The lowest BCUT2D eigenvalue weighted by Gasteiger charge is -2.33. The zero-order valence-electron chi connectivity index (χ0n) is 16.1. The zero-order valence-corrected chi connectivity index (χ0v) is 16.9. The Kier molecular flexibility index (Phi) is 5.54. The van der Waals surface area contributed by atoms with Crippen LogP contribution in [-0.4, -0.2) is 48.6 Å². The molecule has 0 saturated carbocycles. The van der Waals surface area contributed by atoms with E-state index < -0.39 is 17.9 Å². The van der Waals surface area contributed by atoms with Crippen LogP contribution in [0.2, 0.25) is 0 Å². The predicted molar refractivity (Wildman–Crippen MR) is 104 cm³/mol. The van der Waals surface area contributed by atoms with Crippen LogP contribution < -0.4 is 0 Å². The zero-order chi connectivity index (χ0) is 21.3. The van der Waals surface area contributed by atoms with Gasteiger partial charge in [0.2, 0.25) is 5.91 Å². The number of rotatable bonds is 4. The average molecular weight is 436 g/mol. The van der Waals surface area contributed by atoms with E-state index in [2.05, 4.69) is 20.1 Å². The third-order valence-electron chi connectivity index (χ3n) is 5.10. The minimum absolute atomic E-state index is 0.124. The van der Waals surface area contributed by atoms with Gasteiger partial charge in [0.15, 0.2) is 0 Å². The molecule has 1 aliphatic rings. The largest absolute Gasteiger partial charge is 0.433 e. The van der Waals surface area contributed by atoms with Crippen molar-refractivity contribution >= 4 is 17.2 Å². The lowest BCUT2D eigenvalue weighted by molar-refractivity contribution is -0.141. The molecule has 0 bridgehead atoms. The van der Waals surface area contributed by atoms with Crippen LogP contribution >= 0.6 is 11.3 Å². The molecule has 4 rings (SSSR count). The summed E-state index contributed by atoms with van der Waals surface area (Å²) in [5.41, 5.74) is -0.711. The number of hydrogen-bond acceptors (Lipinski definition) is 6. The molecule has 158 valence electrons. The molecule has 1 saturated heterocycles. The predicted octanol–water partition coefficient (Wildman–Crippen LogP) is 3.78. The Morgan fingerprint density at radius 1 is 1.33 bits per heavy atom. The van der Waals surface area contributed by atoms with Gasteiger partial charge in [-0.1, -0.05) is 6.07 Å². The third-order valence-corrected chi connectivity index (χ3v) is 5.99. The van der Waals surface area contributed by atoms with Gasteiger partial charge in [-0.3, -0.25) is 4.79 Å². The molecule has 11 heteroatoms. The van der Waals surface area contributed by atoms with Crippen molar-refractivity contribution in [2.45, 2.75) is 37.9 Å². The van der Waals surface area contributed by atoms with Gasteiger partial charge in [0.25, 0.3) is 0 Å². The van der Waals surface area contributed by atoms with E-state index in [4.69, 9.17) is 0 Å².